The van der Waals surface area contributed by atoms with Crippen molar-refractivity contribution in [3.05, 3.63) is 35.8 Å². The van der Waals surface area contributed by atoms with Crippen LogP contribution in [-0.4, -0.2) is 4.98 Å². The lowest BCUT2D eigenvalue weighted by atomic mass is 10.1. The Morgan fingerprint density at radius 2 is 2.19 bits per heavy atom. The van der Waals surface area contributed by atoms with Gasteiger partial charge in [-0.05, 0) is 25.0 Å². The Bertz CT molecular complexity index is 549. The molecule has 0 radical (unpaired) electrons. The smallest absolute Gasteiger partial charge is 0.149 e. The highest BCUT2D eigenvalue weighted by Crippen LogP contribution is 2.41. The summed E-state index contributed by atoms with van der Waals surface area (Å²) in [5, 5.41) is 0.729. The minimum absolute atomic E-state index is 0.295. The Morgan fingerprint density at radius 1 is 1.38 bits per heavy atom. The summed E-state index contributed by atoms with van der Waals surface area (Å²) in [6.07, 6.45) is 2.27. The number of nitrogen functional groups attached to an aromatic ring is 1. The lowest BCUT2D eigenvalue weighted by Crippen LogP contribution is -2.08. The van der Waals surface area contributed by atoms with Crippen LogP contribution in [0.4, 0.5) is 10.1 Å². The van der Waals surface area contributed by atoms with Crippen LogP contribution >= 0.6 is 0 Å². The standard InChI is InChI=1S/C12H12FN3/c13-9-3-1-2-8-11(16-14)6-10(7-4-5-7)15-12(8)9/h1-3,6-7H,4-5,14H2,(H,15,16). The molecule has 1 heterocycles. The van der Waals surface area contributed by atoms with Gasteiger partial charge in [-0.25, -0.2) is 9.37 Å². The summed E-state index contributed by atoms with van der Waals surface area (Å²) < 4.78 is 13.6. The largest absolute Gasteiger partial charge is 0.323 e. The van der Waals surface area contributed by atoms with Gasteiger partial charge in [0, 0.05) is 17.0 Å². The van der Waals surface area contributed by atoms with Gasteiger partial charge in [-0.15, -0.1) is 0 Å². The second kappa shape index (κ2) is 3.42. The number of halogens is 1. The number of aromatic nitrogens is 1. The van der Waals surface area contributed by atoms with Crippen molar-refractivity contribution in [1.29, 1.82) is 0 Å². The van der Waals surface area contributed by atoms with E-state index < -0.39 is 0 Å². The molecule has 2 aromatic rings. The van der Waals surface area contributed by atoms with E-state index in [1.807, 2.05) is 12.1 Å². The highest BCUT2D eigenvalue weighted by Gasteiger charge is 2.26. The van der Waals surface area contributed by atoms with E-state index >= 15 is 0 Å². The Kier molecular flexibility index (Phi) is 2.04. The summed E-state index contributed by atoms with van der Waals surface area (Å²) in [7, 11) is 0. The van der Waals surface area contributed by atoms with E-state index in [2.05, 4.69) is 10.4 Å². The summed E-state index contributed by atoms with van der Waals surface area (Å²) in [6, 6.07) is 6.82. The average Bonchev–Trinajstić information content (AvgIpc) is 3.12. The van der Waals surface area contributed by atoms with Crippen LogP contribution in [0.15, 0.2) is 24.3 Å². The number of hydrogen-bond donors (Lipinski definition) is 2. The number of para-hydroxylation sites is 1. The van der Waals surface area contributed by atoms with Gasteiger partial charge in [0.05, 0.1) is 5.69 Å². The number of fused-ring (bicyclic) bond motifs is 1. The molecule has 1 aliphatic rings. The molecule has 1 fully saturated rings. The van der Waals surface area contributed by atoms with Crippen molar-refractivity contribution in [2.75, 3.05) is 5.43 Å². The maximum Gasteiger partial charge on any atom is 0.149 e. The fourth-order valence-electron chi connectivity index (χ4n) is 1.94. The first-order valence-electron chi connectivity index (χ1n) is 5.35. The molecule has 0 spiro atoms. The second-order valence-corrected chi connectivity index (χ2v) is 4.15. The zero-order valence-corrected chi connectivity index (χ0v) is 8.70. The summed E-state index contributed by atoms with van der Waals surface area (Å²) in [5.41, 5.74) is 4.69. The van der Waals surface area contributed by atoms with Crippen molar-refractivity contribution >= 4 is 16.6 Å². The number of benzene rings is 1. The van der Waals surface area contributed by atoms with Gasteiger partial charge in [0.1, 0.15) is 11.3 Å². The van der Waals surface area contributed by atoms with Crippen LogP contribution in [0.5, 0.6) is 0 Å². The van der Waals surface area contributed by atoms with Gasteiger partial charge in [-0.1, -0.05) is 12.1 Å². The van der Waals surface area contributed by atoms with Crippen molar-refractivity contribution in [1.82, 2.24) is 4.98 Å². The van der Waals surface area contributed by atoms with E-state index in [0.29, 0.717) is 11.4 Å². The molecule has 0 amide bonds. The quantitative estimate of drug-likeness (QED) is 0.600. The van der Waals surface area contributed by atoms with E-state index in [0.717, 1.165) is 29.6 Å². The third-order valence-corrected chi connectivity index (χ3v) is 2.96. The minimum Gasteiger partial charge on any atom is -0.323 e. The molecule has 16 heavy (non-hydrogen) atoms. The topological polar surface area (TPSA) is 50.9 Å². The zero-order chi connectivity index (χ0) is 11.1. The lowest BCUT2D eigenvalue weighted by molar-refractivity contribution is 0.636. The van der Waals surface area contributed by atoms with Crippen molar-refractivity contribution in [3.63, 3.8) is 0 Å². The van der Waals surface area contributed by atoms with Crippen LogP contribution in [0.3, 0.4) is 0 Å². The summed E-state index contributed by atoms with van der Waals surface area (Å²) >= 11 is 0. The minimum atomic E-state index is -0.295. The SMILES string of the molecule is NNc1cc(C2CC2)nc2c(F)cccc12. The number of pyridine rings is 1. The van der Waals surface area contributed by atoms with E-state index in [1.54, 1.807) is 6.07 Å². The van der Waals surface area contributed by atoms with E-state index in [4.69, 9.17) is 5.84 Å². The molecule has 0 unspecified atom stereocenters. The first-order chi connectivity index (χ1) is 7.79. The summed E-state index contributed by atoms with van der Waals surface area (Å²) in [5.74, 6) is 5.64. The van der Waals surface area contributed by atoms with Crippen LogP contribution in [0.1, 0.15) is 24.5 Å². The van der Waals surface area contributed by atoms with Gasteiger partial charge < -0.3 is 5.43 Å². The van der Waals surface area contributed by atoms with Gasteiger partial charge >= 0.3 is 0 Å². The van der Waals surface area contributed by atoms with E-state index in [-0.39, 0.29) is 5.82 Å². The van der Waals surface area contributed by atoms with Gasteiger partial charge in [-0.2, -0.15) is 0 Å². The monoisotopic (exact) mass is 217 g/mol. The van der Waals surface area contributed by atoms with Crippen molar-refractivity contribution in [2.24, 2.45) is 5.84 Å². The van der Waals surface area contributed by atoms with Gasteiger partial charge in [0.2, 0.25) is 0 Å². The number of hydrogen-bond acceptors (Lipinski definition) is 3. The molecule has 3 N–H and O–H groups in total. The Morgan fingerprint density at radius 3 is 2.88 bits per heavy atom. The first kappa shape index (κ1) is 9.54. The van der Waals surface area contributed by atoms with Gasteiger partial charge in [-0.3, -0.25) is 5.84 Å². The molecule has 0 saturated heterocycles. The zero-order valence-electron chi connectivity index (χ0n) is 8.70. The van der Waals surface area contributed by atoms with Crippen molar-refractivity contribution in [3.8, 4) is 0 Å². The van der Waals surface area contributed by atoms with Crippen LogP contribution in [0, 0.1) is 5.82 Å². The maximum absolute atomic E-state index is 13.6. The number of nitrogens with two attached hydrogens (primary N) is 1. The van der Waals surface area contributed by atoms with Crippen LogP contribution in [-0.2, 0) is 0 Å². The molecule has 1 saturated carbocycles. The Hall–Kier alpha value is -1.68. The van der Waals surface area contributed by atoms with E-state index in [9.17, 15) is 4.39 Å². The average molecular weight is 217 g/mol. The number of nitrogens with one attached hydrogen (secondary N) is 1. The molecule has 3 rings (SSSR count). The number of hydrazine groups is 1. The highest BCUT2D eigenvalue weighted by molar-refractivity contribution is 5.91. The molecule has 0 bridgehead atoms. The predicted octanol–water partition coefficient (Wildman–Crippen LogP) is 2.54. The fraction of sp³-hybridized carbons (Fsp3) is 0.250. The molecule has 1 aliphatic carbocycles. The molecule has 1 aromatic carbocycles. The maximum atomic E-state index is 13.6. The van der Waals surface area contributed by atoms with E-state index in [1.165, 1.54) is 6.07 Å². The summed E-state index contributed by atoms with van der Waals surface area (Å²) in [6.45, 7) is 0. The Balaban J connectivity index is 2.30. The normalized spacial score (nSPS) is 15.4. The van der Waals surface area contributed by atoms with Crippen LogP contribution < -0.4 is 11.3 Å². The molecule has 4 heteroatoms. The number of rotatable bonds is 2. The third-order valence-electron chi connectivity index (χ3n) is 2.96. The first-order valence-corrected chi connectivity index (χ1v) is 5.35. The molecule has 0 atom stereocenters. The van der Waals surface area contributed by atoms with Gasteiger partial charge in [0.25, 0.3) is 0 Å². The Labute approximate surface area is 92.4 Å². The molecule has 0 aliphatic heterocycles. The molecule has 3 nitrogen and oxygen atoms in total. The molecule has 82 valence electrons. The fourth-order valence-corrected chi connectivity index (χ4v) is 1.94. The summed E-state index contributed by atoms with van der Waals surface area (Å²) in [4.78, 5) is 4.37. The molecular weight excluding hydrogens is 205 g/mol. The van der Waals surface area contributed by atoms with Crippen molar-refractivity contribution in [2.45, 2.75) is 18.8 Å². The van der Waals surface area contributed by atoms with Crippen LogP contribution in [0.2, 0.25) is 0 Å². The third kappa shape index (κ3) is 1.42. The van der Waals surface area contributed by atoms with Gasteiger partial charge in [0.15, 0.2) is 0 Å². The lowest BCUT2D eigenvalue weighted by Gasteiger charge is -2.08. The molecule has 1 aromatic heterocycles. The molecular formula is C12H12FN3. The van der Waals surface area contributed by atoms with Crippen molar-refractivity contribution < 1.29 is 4.39 Å². The number of anilines is 1. The second-order valence-electron chi connectivity index (χ2n) is 4.15. The predicted molar refractivity (Wildman–Crippen MR) is 61.5 cm³/mol. The van der Waals surface area contributed by atoms with Crippen LogP contribution in [0.25, 0.3) is 10.9 Å². The number of nitrogens with zero attached hydrogens (tertiary/aromatic N) is 1. The highest BCUT2D eigenvalue weighted by atomic mass is 19.1.